The zero-order chi connectivity index (χ0) is 15.9. The monoisotopic (exact) mass is 308 g/mol. The van der Waals surface area contributed by atoms with Crippen molar-refractivity contribution in [3.8, 4) is 0 Å². The Hall–Kier alpha value is -2.11. The molecule has 0 spiro atoms. The largest absolute Gasteiger partial charge is 0.371 e. The molecular weight excluding hydrogens is 286 g/mol. The number of nitrogens with one attached hydrogen (secondary N) is 2. The topological polar surface area (TPSA) is 39.7 Å². The van der Waals surface area contributed by atoms with Crippen LogP contribution in [0.2, 0.25) is 0 Å². The molecule has 0 amide bonds. The van der Waals surface area contributed by atoms with Crippen molar-refractivity contribution in [3.63, 3.8) is 0 Å². The molecule has 1 aliphatic heterocycles. The fourth-order valence-electron chi connectivity index (χ4n) is 2.55. The van der Waals surface area contributed by atoms with Crippen LogP contribution in [0.1, 0.15) is 6.42 Å². The van der Waals surface area contributed by atoms with E-state index in [4.69, 9.17) is 0 Å². The first-order valence-electron chi connectivity index (χ1n) is 7.39. The van der Waals surface area contributed by atoms with Crippen LogP contribution in [-0.2, 0) is 0 Å². The molecule has 1 atom stereocenters. The summed E-state index contributed by atoms with van der Waals surface area (Å²) in [6.07, 6.45) is 2.78. The fourth-order valence-corrected chi connectivity index (χ4v) is 2.55. The smallest absolute Gasteiger partial charge is 0.191 e. The molecule has 0 aromatic heterocycles. The first kappa shape index (κ1) is 16.3. The number of nitrogens with zero attached hydrogens (tertiary/aromatic N) is 2. The number of guanidine groups is 1. The maximum Gasteiger partial charge on any atom is 0.191 e. The molecule has 1 unspecified atom stereocenters. The molecule has 1 aromatic rings. The Morgan fingerprint density at radius 1 is 1.41 bits per heavy atom. The van der Waals surface area contributed by atoms with Gasteiger partial charge in [-0.3, -0.25) is 4.99 Å². The van der Waals surface area contributed by atoms with E-state index in [1.165, 1.54) is 12.1 Å². The molecule has 120 valence electrons. The summed E-state index contributed by atoms with van der Waals surface area (Å²) in [5.74, 6) is -0.423. The molecule has 1 heterocycles. The molecule has 1 aliphatic rings. The van der Waals surface area contributed by atoms with Gasteiger partial charge in [-0.25, -0.2) is 8.78 Å². The van der Waals surface area contributed by atoms with E-state index in [1.807, 2.05) is 0 Å². The van der Waals surface area contributed by atoms with Crippen molar-refractivity contribution < 1.29 is 8.78 Å². The lowest BCUT2D eigenvalue weighted by atomic mass is 10.1. The summed E-state index contributed by atoms with van der Waals surface area (Å²) in [5, 5.41) is 6.38. The number of halogens is 2. The number of benzene rings is 1. The molecule has 0 radical (unpaired) electrons. The molecule has 1 saturated heterocycles. The molecule has 1 fully saturated rings. The SMILES string of the molecule is C=CCNC(=NC)NCC1CCN(c2ccc(F)c(F)c2)C1. The fraction of sp³-hybridized carbons (Fsp3) is 0.438. The van der Waals surface area contributed by atoms with Crippen LogP contribution < -0.4 is 15.5 Å². The van der Waals surface area contributed by atoms with E-state index < -0.39 is 11.6 Å². The Balaban J connectivity index is 1.84. The van der Waals surface area contributed by atoms with Crippen LogP contribution in [0.4, 0.5) is 14.5 Å². The average Bonchev–Trinajstić information content (AvgIpc) is 2.99. The van der Waals surface area contributed by atoms with E-state index in [0.717, 1.165) is 37.7 Å². The van der Waals surface area contributed by atoms with E-state index in [2.05, 4.69) is 27.1 Å². The maximum atomic E-state index is 13.3. The molecule has 22 heavy (non-hydrogen) atoms. The highest BCUT2D eigenvalue weighted by atomic mass is 19.2. The van der Waals surface area contributed by atoms with Gasteiger partial charge < -0.3 is 15.5 Å². The van der Waals surface area contributed by atoms with Gasteiger partial charge >= 0.3 is 0 Å². The van der Waals surface area contributed by atoms with Crippen LogP contribution in [0.15, 0.2) is 35.8 Å². The minimum Gasteiger partial charge on any atom is -0.371 e. The van der Waals surface area contributed by atoms with Crippen LogP contribution in [-0.4, -0.2) is 39.2 Å². The third-order valence-electron chi connectivity index (χ3n) is 3.75. The number of hydrogen-bond donors (Lipinski definition) is 2. The van der Waals surface area contributed by atoms with Gasteiger partial charge in [0.1, 0.15) is 0 Å². The van der Waals surface area contributed by atoms with Gasteiger partial charge in [-0.15, -0.1) is 6.58 Å². The van der Waals surface area contributed by atoms with Gasteiger partial charge in [0.25, 0.3) is 0 Å². The molecule has 2 rings (SSSR count). The Labute approximate surface area is 129 Å². The van der Waals surface area contributed by atoms with Crippen LogP contribution in [0.25, 0.3) is 0 Å². The van der Waals surface area contributed by atoms with Crippen LogP contribution >= 0.6 is 0 Å². The Bertz CT molecular complexity index is 545. The number of rotatable bonds is 5. The van der Waals surface area contributed by atoms with E-state index in [9.17, 15) is 8.78 Å². The third-order valence-corrected chi connectivity index (χ3v) is 3.75. The molecule has 6 heteroatoms. The highest BCUT2D eigenvalue weighted by Crippen LogP contribution is 2.24. The standard InChI is InChI=1S/C16H22F2N4/c1-3-7-20-16(19-2)21-10-12-6-8-22(11-12)13-4-5-14(17)15(18)9-13/h3-5,9,12H,1,6-8,10-11H2,2H3,(H2,19,20,21). The summed E-state index contributed by atoms with van der Waals surface area (Å²) in [6, 6.07) is 4.06. The summed E-state index contributed by atoms with van der Waals surface area (Å²) < 4.78 is 26.3. The van der Waals surface area contributed by atoms with E-state index >= 15 is 0 Å². The Kier molecular flexibility index (Phi) is 5.75. The maximum absolute atomic E-state index is 13.3. The molecule has 0 bridgehead atoms. The highest BCUT2D eigenvalue weighted by molar-refractivity contribution is 5.79. The van der Waals surface area contributed by atoms with Gasteiger partial charge in [0.15, 0.2) is 17.6 Å². The van der Waals surface area contributed by atoms with Gasteiger partial charge in [0.2, 0.25) is 0 Å². The van der Waals surface area contributed by atoms with Gasteiger partial charge in [-0.1, -0.05) is 6.08 Å². The minimum atomic E-state index is -0.807. The summed E-state index contributed by atoms with van der Waals surface area (Å²) in [4.78, 5) is 6.20. The van der Waals surface area contributed by atoms with Crippen LogP contribution in [0.5, 0.6) is 0 Å². The quantitative estimate of drug-likeness (QED) is 0.497. The second kappa shape index (κ2) is 7.77. The Morgan fingerprint density at radius 3 is 2.91 bits per heavy atom. The molecule has 1 aromatic carbocycles. The zero-order valence-corrected chi connectivity index (χ0v) is 12.8. The molecule has 0 saturated carbocycles. The van der Waals surface area contributed by atoms with Crippen molar-refractivity contribution in [2.75, 3.05) is 38.1 Å². The van der Waals surface area contributed by atoms with E-state index in [-0.39, 0.29) is 0 Å². The number of hydrogen-bond acceptors (Lipinski definition) is 2. The molecule has 0 aliphatic carbocycles. The second-order valence-electron chi connectivity index (χ2n) is 5.32. The van der Waals surface area contributed by atoms with Gasteiger partial charge in [-0.05, 0) is 24.5 Å². The van der Waals surface area contributed by atoms with Crippen LogP contribution in [0.3, 0.4) is 0 Å². The van der Waals surface area contributed by atoms with Crippen molar-refractivity contribution >= 4 is 11.6 Å². The lowest BCUT2D eigenvalue weighted by molar-refractivity contribution is 0.508. The zero-order valence-electron chi connectivity index (χ0n) is 12.8. The lowest BCUT2D eigenvalue weighted by Crippen LogP contribution is -2.40. The number of aliphatic imine (C=N–C) groups is 1. The van der Waals surface area contributed by atoms with Crippen molar-refractivity contribution in [1.82, 2.24) is 10.6 Å². The summed E-state index contributed by atoms with van der Waals surface area (Å²) in [5.41, 5.74) is 0.732. The first-order valence-corrected chi connectivity index (χ1v) is 7.39. The summed E-state index contributed by atoms with van der Waals surface area (Å²) in [7, 11) is 1.72. The molecule has 4 nitrogen and oxygen atoms in total. The van der Waals surface area contributed by atoms with Crippen molar-refractivity contribution in [2.45, 2.75) is 6.42 Å². The van der Waals surface area contributed by atoms with Gasteiger partial charge in [-0.2, -0.15) is 0 Å². The van der Waals surface area contributed by atoms with Crippen molar-refractivity contribution in [2.24, 2.45) is 10.9 Å². The first-order chi connectivity index (χ1) is 10.6. The third kappa shape index (κ3) is 4.19. The van der Waals surface area contributed by atoms with Crippen LogP contribution in [0, 0.1) is 17.6 Å². The summed E-state index contributed by atoms with van der Waals surface area (Å²) in [6.45, 7) is 6.76. The van der Waals surface area contributed by atoms with Gasteiger partial charge in [0.05, 0.1) is 0 Å². The molecular formula is C16H22F2N4. The number of anilines is 1. The normalized spacial score (nSPS) is 18.4. The van der Waals surface area contributed by atoms with E-state index in [1.54, 1.807) is 19.2 Å². The molecule has 2 N–H and O–H groups in total. The minimum absolute atomic E-state index is 0.440. The highest BCUT2D eigenvalue weighted by Gasteiger charge is 2.23. The van der Waals surface area contributed by atoms with E-state index in [0.29, 0.717) is 12.5 Å². The summed E-state index contributed by atoms with van der Waals surface area (Å²) >= 11 is 0. The predicted molar refractivity (Wildman–Crippen MR) is 86.2 cm³/mol. The lowest BCUT2D eigenvalue weighted by Gasteiger charge is -2.19. The average molecular weight is 308 g/mol. The second-order valence-corrected chi connectivity index (χ2v) is 5.32. The Morgan fingerprint density at radius 2 is 2.23 bits per heavy atom. The van der Waals surface area contributed by atoms with Crippen molar-refractivity contribution in [3.05, 3.63) is 42.5 Å². The predicted octanol–water partition coefficient (Wildman–Crippen LogP) is 2.14. The van der Waals surface area contributed by atoms with Crippen molar-refractivity contribution in [1.29, 1.82) is 0 Å². The van der Waals surface area contributed by atoms with Gasteiger partial charge in [0, 0.05) is 45.0 Å².